The summed E-state index contributed by atoms with van der Waals surface area (Å²) in [4.78, 5) is 5.23. The summed E-state index contributed by atoms with van der Waals surface area (Å²) >= 11 is 0. The summed E-state index contributed by atoms with van der Waals surface area (Å²) in [6, 6.07) is 43.6. The van der Waals surface area contributed by atoms with Gasteiger partial charge in [-0.05, 0) is 92.9 Å². The molecule has 45 heavy (non-hydrogen) atoms. The third kappa shape index (κ3) is 4.71. The normalized spacial score (nSPS) is 12.0. The Kier molecular flexibility index (Phi) is 6.57. The van der Waals surface area contributed by atoms with Gasteiger partial charge in [-0.1, -0.05) is 107 Å². The molecule has 3 heteroatoms. The molecule has 0 radical (unpaired) electrons. The number of hydrogen-bond donors (Lipinski definition) is 0. The van der Waals surface area contributed by atoms with E-state index in [-0.39, 0.29) is 0 Å². The van der Waals surface area contributed by atoms with Crippen LogP contribution in [0.25, 0.3) is 66.3 Å². The summed E-state index contributed by atoms with van der Waals surface area (Å²) in [5.74, 6) is 1.71. The lowest BCUT2D eigenvalue weighted by Gasteiger charge is -2.23. The minimum atomic E-state index is 0.366. The van der Waals surface area contributed by atoms with Crippen molar-refractivity contribution < 1.29 is 4.42 Å². The Balaban J connectivity index is 1.31. The number of furan rings is 1. The summed E-state index contributed by atoms with van der Waals surface area (Å²) in [6.45, 7) is 10.0. The molecule has 0 amide bonds. The lowest BCUT2D eigenvalue weighted by molar-refractivity contribution is 0.669. The number of para-hydroxylation sites is 3. The predicted molar refractivity (Wildman–Crippen MR) is 189 cm³/mol. The molecule has 0 unspecified atom stereocenters. The van der Waals surface area contributed by atoms with E-state index in [2.05, 4.69) is 141 Å². The van der Waals surface area contributed by atoms with Crippen LogP contribution in [-0.2, 0) is 6.54 Å². The topological polar surface area (TPSA) is 31.0 Å². The van der Waals surface area contributed by atoms with Crippen LogP contribution in [0.15, 0.2) is 126 Å². The Hall–Kier alpha value is -5.15. The van der Waals surface area contributed by atoms with Gasteiger partial charge < -0.3 is 8.98 Å². The lowest BCUT2D eigenvalue weighted by atomic mass is 9.85. The molecule has 0 saturated carbocycles. The van der Waals surface area contributed by atoms with Crippen molar-refractivity contribution in [2.24, 2.45) is 0 Å². The highest BCUT2D eigenvalue weighted by atomic mass is 16.3. The number of imidazole rings is 1. The van der Waals surface area contributed by atoms with E-state index in [1.54, 1.807) is 0 Å². The van der Waals surface area contributed by atoms with Gasteiger partial charge in [-0.2, -0.15) is 0 Å². The molecule has 8 rings (SSSR count). The first-order valence-electron chi connectivity index (χ1n) is 16.0. The van der Waals surface area contributed by atoms with Crippen molar-refractivity contribution in [3.8, 4) is 22.5 Å². The van der Waals surface area contributed by atoms with Gasteiger partial charge in [0.1, 0.15) is 17.0 Å². The zero-order valence-electron chi connectivity index (χ0n) is 26.2. The lowest BCUT2D eigenvalue weighted by Crippen LogP contribution is -2.11. The number of nitrogens with zero attached hydrogens (tertiary/aromatic N) is 2. The molecule has 0 bridgehead atoms. The molecule has 2 heterocycles. The van der Waals surface area contributed by atoms with Gasteiger partial charge in [0.25, 0.3) is 0 Å². The Morgan fingerprint density at radius 2 is 1.24 bits per heavy atom. The molecular formula is C42H36N2O. The first-order chi connectivity index (χ1) is 21.9. The van der Waals surface area contributed by atoms with Crippen LogP contribution in [0.4, 0.5) is 0 Å². The molecule has 3 nitrogen and oxygen atoms in total. The summed E-state index contributed by atoms with van der Waals surface area (Å²) in [6.07, 6.45) is 0. The highest BCUT2D eigenvalue weighted by Crippen LogP contribution is 2.38. The number of rotatable bonds is 6. The Morgan fingerprint density at radius 1 is 0.578 bits per heavy atom. The van der Waals surface area contributed by atoms with Gasteiger partial charge >= 0.3 is 0 Å². The molecule has 0 spiro atoms. The zero-order valence-corrected chi connectivity index (χ0v) is 26.2. The molecule has 0 aliphatic heterocycles. The first kappa shape index (κ1) is 27.4. The Bertz CT molecular complexity index is 2340. The second-order valence-corrected chi connectivity index (χ2v) is 12.8. The molecule has 0 aliphatic carbocycles. The number of fused-ring (bicyclic) bond motifs is 5. The van der Waals surface area contributed by atoms with Crippen molar-refractivity contribution in [1.29, 1.82) is 0 Å². The molecule has 0 atom stereocenters. The van der Waals surface area contributed by atoms with Crippen LogP contribution in [0.5, 0.6) is 0 Å². The fourth-order valence-electron chi connectivity index (χ4n) is 6.95. The molecule has 2 aromatic heterocycles. The van der Waals surface area contributed by atoms with Crippen molar-refractivity contribution in [2.75, 3.05) is 0 Å². The maximum atomic E-state index is 6.16. The SMILES string of the molecule is CC(C)c1cc(-c2ccc3ccccc3c2)cc(C(C)C)c1Cn1c(-c2ccc3oc4ccccc4c3c2)nc2ccccc21. The standard InChI is InChI=1S/C42H36N2O/c1-26(2)34-23-32(30-18-17-28-11-5-6-12-29(28)21-30)24-35(27(3)4)37(34)25-44-39-15-9-8-14-38(39)43-42(44)31-19-20-41-36(22-31)33-13-7-10-16-40(33)45-41/h5-24,26-27H,25H2,1-4H3. The average molecular weight is 585 g/mol. The van der Waals surface area contributed by atoms with Gasteiger partial charge in [-0.25, -0.2) is 4.98 Å². The number of benzene rings is 6. The fraction of sp³-hybridized carbons (Fsp3) is 0.167. The summed E-state index contributed by atoms with van der Waals surface area (Å²) in [5, 5.41) is 4.79. The average Bonchev–Trinajstić information content (AvgIpc) is 3.62. The largest absolute Gasteiger partial charge is 0.456 e. The van der Waals surface area contributed by atoms with Crippen LogP contribution in [-0.4, -0.2) is 9.55 Å². The third-order valence-electron chi connectivity index (χ3n) is 9.25. The van der Waals surface area contributed by atoms with E-state index >= 15 is 0 Å². The van der Waals surface area contributed by atoms with Crippen molar-refractivity contribution in [2.45, 2.75) is 46.1 Å². The molecule has 0 aliphatic rings. The first-order valence-corrected chi connectivity index (χ1v) is 16.0. The van der Waals surface area contributed by atoms with E-state index in [1.165, 1.54) is 38.6 Å². The third-order valence-corrected chi connectivity index (χ3v) is 9.25. The Labute approximate surface area is 263 Å². The monoisotopic (exact) mass is 584 g/mol. The van der Waals surface area contributed by atoms with Crippen LogP contribution in [0.3, 0.4) is 0 Å². The van der Waals surface area contributed by atoms with Crippen LogP contribution < -0.4 is 0 Å². The van der Waals surface area contributed by atoms with Gasteiger partial charge in [0.15, 0.2) is 0 Å². The van der Waals surface area contributed by atoms with Crippen molar-refractivity contribution in [1.82, 2.24) is 9.55 Å². The molecule has 6 aromatic carbocycles. The summed E-state index contributed by atoms with van der Waals surface area (Å²) in [5.41, 5.74) is 11.8. The maximum absolute atomic E-state index is 6.16. The highest BCUT2D eigenvalue weighted by Gasteiger charge is 2.21. The smallest absolute Gasteiger partial charge is 0.141 e. The second kappa shape index (κ2) is 10.8. The van der Waals surface area contributed by atoms with Gasteiger partial charge in [0, 0.05) is 16.3 Å². The van der Waals surface area contributed by atoms with Crippen molar-refractivity contribution in [3.63, 3.8) is 0 Å². The minimum absolute atomic E-state index is 0.366. The van der Waals surface area contributed by atoms with Crippen molar-refractivity contribution in [3.05, 3.63) is 138 Å². The summed E-state index contributed by atoms with van der Waals surface area (Å²) < 4.78 is 8.57. The molecule has 220 valence electrons. The minimum Gasteiger partial charge on any atom is -0.456 e. The Morgan fingerprint density at radius 3 is 2.04 bits per heavy atom. The van der Waals surface area contributed by atoms with Crippen LogP contribution in [0.1, 0.15) is 56.2 Å². The van der Waals surface area contributed by atoms with E-state index in [9.17, 15) is 0 Å². The fourth-order valence-corrected chi connectivity index (χ4v) is 6.95. The van der Waals surface area contributed by atoms with E-state index in [4.69, 9.17) is 9.40 Å². The molecule has 8 aromatic rings. The van der Waals surface area contributed by atoms with E-state index < -0.39 is 0 Å². The predicted octanol–water partition coefficient (Wildman–Crippen LogP) is 11.7. The van der Waals surface area contributed by atoms with E-state index in [1.807, 2.05) is 12.1 Å². The van der Waals surface area contributed by atoms with Gasteiger partial charge in [0.05, 0.1) is 17.6 Å². The highest BCUT2D eigenvalue weighted by molar-refractivity contribution is 6.06. The molecular weight excluding hydrogens is 548 g/mol. The zero-order chi connectivity index (χ0) is 30.7. The molecule has 0 saturated heterocycles. The maximum Gasteiger partial charge on any atom is 0.141 e. The van der Waals surface area contributed by atoms with Crippen LogP contribution in [0.2, 0.25) is 0 Å². The quantitative estimate of drug-likeness (QED) is 0.195. The van der Waals surface area contributed by atoms with Gasteiger partial charge in [-0.15, -0.1) is 0 Å². The summed E-state index contributed by atoms with van der Waals surface area (Å²) in [7, 11) is 0. The van der Waals surface area contributed by atoms with Crippen molar-refractivity contribution >= 4 is 43.7 Å². The van der Waals surface area contributed by atoms with E-state index in [0.717, 1.165) is 50.9 Å². The van der Waals surface area contributed by atoms with Crippen LogP contribution in [0, 0.1) is 0 Å². The molecule has 0 fully saturated rings. The van der Waals surface area contributed by atoms with E-state index in [0.29, 0.717) is 11.8 Å². The number of hydrogen-bond acceptors (Lipinski definition) is 2. The van der Waals surface area contributed by atoms with Gasteiger partial charge in [0.2, 0.25) is 0 Å². The van der Waals surface area contributed by atoms with Gasteiger partial charge in [-0.3, -0.25) is 0 Å². The second-order valence-electron chi connectivity index (χ2n) is 12.8. The number of aromatic nitrogens is 2. The van der Waals surface area contributed by atoms with Crippen LogP contribution >= 0.6 is 0 Å². The molecule has 0 N–H and O–H groups in total.